The summed E-state index contributed by atoms with van der Waals surface area (Å²) in [6.45, 7) is 2.04. The van der Waals surface area contributed by atoms with Crippen LogP contribution >= 0.6 is 0 Å². The van der Waals surface area contributed by atoms with E-state index in [4.69, 9.17) is 4.98 Å². The molecular formula is C18H16FN3. The van der Waals surface area contributed by atoms with Crippen molar-refractivity contribution in [3.63, 3.8) is 0 Å². The van der Waals surface area contributed by atoms with Crippen molar-refractivity contribution in [1.29, 1.82) is 0 Å². The van der Waals surface area contributed by atoms with Crippen LogP contribution in [0.15, 0.2) is 48.8 Å². The summed E-state index contributed by atoms with van der Waals surface area (Å²) in [4.78, 5) is 8.87. The zero-order chi connectivity index (χ0) is 15.1. The molecular weight excluding hydrogens is 277 g/mol. The van der Waals surface area contributed by atoms with E-state index >= 15 is 0 Å². The highest BCUT2D eigenvalue weighted by Crippen LogP contribution is 2.43. The fourth-order valence-corrected chi connectivity index (χ4v) is 2.92. The molecule has 0 amide bonds. The Hall–Kier alpha value is -2.49. The third-order valence-corrected chi connectivity index (χ3v) is 4.07. The molecule has 0 saturated heterocycles. The number of nitrogens with zero attached hydrogens (tertiary/aromatic N) is 3. The van der Waals surface area contributed by atoms with Crippen LogP contribution in [0, 0.1) is 12.7 Å². The first-order valence-corrected chi connectivity index (χ1v) is 7.49. The Kier molecular flexibility index (Phi) is 3.03. The molecule has 3 aromatic rings. The van der Waals surface area contributed by atoms with Crippen molar-refractivity contribution in [3.05, 3.63) is 60.4 Å². The minimum atomic E-state index is -0.229. The third-order valence-electron chi connectivity index (χ3n) is 4.07. The average Bonchev–Trinajstić information content (AvgIpc) is 3.32. The summed E-state index contributed by atoms with van der Waals surface area (Å²) in [7, 11) is 0. The number of aromatic nitrogens is 3. The second-order valence-electron chi connectivity index (χ2n) is 5.70. The Morgan fingerprint density at radius 2 is 1.68 bits per heavy atom. The van der Waals surface area contributed by atoms with Gasteiger partial charge >= 0.3 is 0 Å². The van der Waals surface area contributed by atoms with Crippen molar-refractivity contribution in [3.8, 4) is 22.5 Å². The summed E-state index contributed by atoms with van der Waals surface area (Å²) in [6.07, 6.45) is 5.98. The standard InChI is InChI=1S/C18H16FN3/c1-12-21-17(13-2-4-15(19)5-3-13)18(22(12)16-6-7-16)14-8-10-20-11-9-14/h2-5,8-11,16H,6-7H2,1H3. The van der Waals surface area contributed by atoms with Gasteiger partial charge in [0.1, 0.15) is 11.6 Å². The normalized spacial score (nSPS) is 14.3. The molecule has 0 radical (unpaired) electrons. The lowest BCUT2D eigenvalue weighted by Gasteiger charge is -2.10. The molecule has 1 saturated carbocycles. The highest BCUT2D eigenvalue weighted by Gasteiger charge is 2.30. The SMILES string of the molecule is Cc1nc(-c2ccc(F)cc2)c(-c2ccncc2)n1C1CC1. The van der Waals surface area contributed by atoms with Gasteiger partial charge in [-0.15, -0.1) is 0 Å². The summed E-state index contributed by atoms with van der Waals surface area (Å²) in [5, 5.41) is 0. The predicted octanol–water partition coefficient (Wildman–Crippen LogP) is 4.39. The molecule has 0 atom stereocenters. The van der Waals surface area contributed by atoms with Gasteiger partial charge in [0.2, 0.25) is 0 Å². The van der Waals surface area contributed by atoms with Gasteiger partial charge in [-0.25, -0.2) is 9.37 Å². The van der Waals surface area contributed by atoms with Crippen LogP contribution in [0.1, 0.15) is 24.7 Å². The van der Waals surface area contributed by atoms with Crippen molar-refractivity contribution in [1.82, 2.24) is 14.5 Å². The smallest absolute Gasteiger partial charge is 0.123 e. The monoisotopic (exact) mass is 293 g/mol. The highest BCUT2D eigenvalue weighted by atomic mass is 19.1. The predicted molar refractivity (Wildman–Crippen MR) is 83.9 cm³/mol. The molecule has 0 spiro atoms. The number of aryl methyl sites for hydroxylation is 1. The number of rotatable bonds is 3. The Labute approximate surface area is 128 Å². The van der Waals surface area contributed by atoms with Gasteiger partial charge in [0.15, 0.2) is 0 Å². The minimum Gasteiger partial charge on any atom is -0.325 e. The molecule has 4 rings (SSSR count). The number of hydrogen-bond donors (Lipinski definition) is 0. The summed E-state index contributed by atoms with van der Waals surface area (Å²) in [5.74, 6) is 0.779. The number of hydrogen-bond acceptors (Lipinski definition) is 2. The third kappa shape index (κ3) is 2.21. The quantitative estimate of drug-likeness (QED) is 0.717. The largest absolute Gasteiger partial charge is 0.325 e. The van der Waals surface area contributed by atoms with Gasteiger partial charge in [0, 0.05) is 29.6 Å². The summed E-state index contributed by atoms with van der Waals surface area (Å²) in [5.41, 5.74) is 4.06. The van der Waals surface area contributed by atoms with Crippen molar-refractivity contribution < 1.29 is 4.39 Å². The Morgan fingerprint density at radius 1 is 1.00 bits per heavy atom. The fourth-order valence-electron chi connectivity index (χ4n) is 2.92. The average molecular weight is 293 g/mol. The molecule has 0 aliphatic heterocycles. The zero-order valence-corrected chi connectivity index (χ0v) is 12.3. The van der Waals surface area contributed by atoms with E-state index < -0.39 is 0 Å². The van der Waals surface area contributed by atoms with E-state index in [1.807, 2.05) is 19.1 Å². The van der Waals surface area contributed by atoms with Crippen molar-refractivity contribution in [2.24, 2.45) is 0 Å². The second-order valence-corrected chi connectivity index (χ2v) is 5.70. The van der Waals surface area contributed by atoms with E-state index in [9.17, 15) is 4.39 Å². The number of imidazole rings is 1. The molecule has 1 aromatic carbocycles. The van der Waals surface area contributed by atoms with E-state index in [1.54, 1.807) is 24.5 Å². The van der Waals surface area contributed by atoms with E-state index in [0.29, 0.717) is 6.04 Å². The van der Waals surface area contributed by atoms with Gasteiger partial charge in [-0.2, -0.15) is 0 Å². The maximum absolute atomic E-state index is 13.2. The molecule has 0 unspecified atom stereocenters. The van der Waals surface area contributed by atoms with Crippen molar-refractivity contribution in [2.45, 2.75) is 25.8 Å². The van der Waals surface area contributed by atoms with Crippen LogP contribution in [0.2, 0.25) is 0 Å². The van der Waals surface area contributed by atoms with Crippen LogP contribution in [-0.2, 0) is 0 Å². The van der Waals surface area contributed by atoms with Crippen molar-refractivity contribution in [2.75, 3.05) is 0 Å². The first kappa shape index (κ1) is 13.2. The fraction of sp³-hybridized carbons (Fsp3) is 0.222. The first-order chi connectivity index (χ1) is 10.7. The summed E-state index contributed by atoms with van der Waals surface area (Å²) >= 11 is 0. The number of pyridine rings is 1. The Morgan fingerprint density at radius 3 is 2.32 bits per heavy atom. The highest BCUT2D eigenvalue weighted by molar-refractivity contribution is 5.79. The van der Waals surface area contributed by atoms with E-state index in [2.05, 4.69) is 9.55 Å². The van der Waals surface area contributed by atoms with Gasteiger partial charge in [0.25, 0.3) is 0 Å². The molecule has 0 N–H and O–H groups in total. The van der Waals surface area contributed by atoms with E-state index in [1.165, 1.54) is 25.0 Å². The lowest BCUT2D eigenvalue weighted by molar-refractivity contribution is 0.628. The lowest BCUT2D eigenvalue weighted by atomic mass is 10.1. The first-order valence-electron chi connectivity index (χ1n) is 7.49. The number of halogens is 1. The summed E-state index contributed by atoms with van der Waals surface area (Å²) < 4.78 is 15.5. The van der Waals surface area contributed by atoms with Crippen LogP contribution in [0.5, 0.6) is 0 Å². The van der Waals surface area contributed by atoms with Gasteiger partial charge < -0.3 is 4.57 Å². The lowest BCUT2D eigenvalue weighted by Crippen LogP contribution is -1.99. The van der Waals surface area contributed by atoms with Crippen LogP contribution in [-0.4, -0.2) is 14.5 Å². The molecule has 110 valence electrons. The van der Waals surface area contributed by atoms with Crippen LogP contribution < -0.4 is 0 Å². The van der Waals surface area contributed by atoms with E-state index in [-0.39, 0.29) is 5.82 Å². The molecule has 4 heteroatoms. The van der Waals surface area contributed by atoms with Crippen LogP contribution in [0.3, 0.4) is 0 Å². The Balaban J connectivity index is 1.95. The second kappa shape index (κ2) is 5.05. The molecule has 3 nitrogen and oxygen atoms in total. The van der Waals surface area contributed by atoms with Crippen molar-refractivity contribution >= 4 is 0 Å². The minimum absolute atomic E-state index is 0.229. The number of benzene rings is 1. The van der Waals surface area contributed by atoms with Gasteiger partial charge in [-0.1, -0.05) is 0 Å². The Bertz CT molecular complexity index is 802. The van der Waals surface area contributed by atoms with Crippen LogP contribution in [0.4, 0.5) is 4.39 Å². The molecule has 22 heavy (non-hydrogen) atoms. The zero-order valence-electron chi connectivity index (χ0n) is 12.3. The molecule has 2 heterocycles. The van der Waals surface area contributed by atoms with Gasteiger partial charge in [-0.05, 0) is 56.2 Å². The topological polar surface area (TPSA) is 30.7 Å². The van der Waals surface area contributed by atoms with Crippen LogP contribution in [0.25, 0.3) is 22.5 Å². The molecule has 1 aliphatic carbocycles. The van der Waals surface area contributed by atoms with Gasteiger partial charge in [0.05, 0.1) is 11.4 Å². The summed E-state index contributed by atoms with van der Waals surface area (Å²) in [6, 6.07) is 11.1. The molecule has 1 fully saturated rings. The molecule has 1 aliphatic rings. The van der Waals surface area contributed by atoms with E-state index in [0.717, 1.165) is 28.3 Å². The maximum atomic E-state index is 13.2. The van der Waals surface area contributed by atoms with Gasteiger partial charge in [-0.3, -0.25) is 4.98 Å². The molecule has 2 aromatic heterocycles. The molecule has 0 bridgehead atoms. The maximum Gasteiger partial charge on any atom is 0.123 e.